The molecule has 0 unspecified atom stereocenters. The van der Waals surface area contributed by atoms with Crippen LogP contribution in [0.1, 0.15) is 62.1 Å². The molecule has 0 bridgehead atoms. The molecule has 15 atom stereocenters. The van der Waals surface area contributed by atoms with E-state index in [4.69, 9.17) is 71.1 Å². The molecule has 0 N–H and O–H groups in total. The predicted octanol–water partition coefficient (Wildman–Crippen LogP) is 16.3. The first kappa shape index (κ1) is 75.6. The number of hydrogen-bond acceptors (Lipinski definition) is 15. The molecule has 15 heteroatoms. The highest BCUT2D eigenvalue weighted by Gasteiger charge is 2.57. The van der Waals surface area contributed by atoms with Crippen molar-refractivity contribution in [3.05, 3.63) is 372 Å². The summed E-state index contributed by atoms with van der Waals surface area (Å²) in [6, 6.07) is 101. The van der Waals surface area contributed by atoms with Crippen molar-refractivity contribution in [1.29, 1.82) is 0 Å². The average molecular weight is 1430 g/mol. The van der Waals surface area contributed by atoms with Gasteiger partial charge < -0.3 is 71.1 Å². The molecule has 3 aliphatic heterocycles. The molecule has 10 aromatic rings. The fraction of sp³-hybridized carbons (Fsp3) is 0.319. The van der Waals surface area contributed by atoms with Gasteiger partial charge in [-0.25, -0.2) is 0 Å². The van der Waals surface area contributed by atoms with E-state index in [-0.39, 0.29) is 72.7 Å². The molecule has 3 aliphatic rings. The highest BCUT2D eigenvalue weighted by Crippen LogP contribution is 2.40. The van der Waals surface area contributed by atoms with Crippen LogP contribution in [0.4, 0.5) is 0 Å². The van der Waals surface area contributed by atoms with Crippen LogP contribution < -0.4 is 0 Å². The van der Waals surface area contributed by atoms with Crippen molar-refractivity contribution in [2.75, 3.05) is 19.8 Å². The van der Waals surface area contributed by atoms with Crippen molar-refractivity contribution in [2.45, 2.75) is 164 Å². The summed E-state index contributed by atoms with van der Waals surface area (Å²) in [5.74, 6) is 0. The van der Waals surface area contributed by atoms with Gasteiger partial charge in [0.1, 0.15) is 73.2 Å². The molecule has 550 valence electrons. The third-order valence-corrected chi connectivity index (χ3v) is 19.1. The molecule has 0 aliphatic carbocycles. The zero-order valence-electron chi connectivity index (χ0n) is 59.8. The molecule has 3 fully saturated rings. The van der Waals surface area contributed by atoms with Crippen LogP contribution in [0.25, 0.3) is 0 Å². The number of benzene rings is 10. The van der Waals surface area contributed by atoms with Gasteiger partial charge in [-0.1, -0.05) is 309 Å². The molecule has 0 spiro atoms. The van der Waals surface area contributed by atoms with Crippen molar-refractivity contribution >= 4 is 0 Å². The topological polar surface area (TPSA) is 138 Å². The lowest BCUT2D eigenvalue weighted by molar-refractivity contribution is -0.389. The van der Waals surface area contributed by atoms with Crippen LogP contribution in [0, 0.1) is 0 Å². The van der Waals surface area contributed by atoms with E-state index < -0.39 is 91.9 Å². The van der Waals surface area contributed by atoms with Gasteiger partial charge >= 0.3 is 0 Å². The highest BCUT2D eigenvalue weighted by atomic mass is 16.8. The van der Waals surface area contributed by atoms with Crippen LogP contribution in [0.5, 0.6) is 0 Å². The fourth-order valence-electron chi connectivity index (χ4n) is 13.7. The molecule has 106 heavy (non-hydrogen) atoms. The predicted molar refractivity (Wildman–Crippen MR) is 404 cm³/mol. The summed E-state index contributed by atoms with van der Waals surface area (Å²) in [4.78, 5) is 0. The Hall–Kier alpha value is -8.66. The van der Waals surface area contributed by atoms with E-state index in [0.717, 1.165) is 55.6 Å². The van der Waals surface area contributed by atoms with E-state index in [1.807, 2.05) is 309 Å². The third kappa shape index (κ3) is 22.2. The van der Waals surface area contributed by atoms with Gasteiger partial charge in [0.2, 0.25) is 0 Å². The molecule has 10 aromatic carbocycles. The summed E-state index contributed by atoms with van der Waals surface area (Å²) >= 11 is 0. The zero-order chi connectivity index (χ0) is 72.0. The summed E-state index contributed by atoms with van der Waals surface area (Å²) in [5.41, 5.74) is 9.53. The van der Waals surface area contributed by atoms with Gasteiger partial charge in [0, 0.05) is 0 Å². The summed E-state index contributed by atoms with van der Waals surface area (Å²) in [6.45, 7) is 6.53. The second kappa shape index (κ2) is 40.9. The summed E-state index contributed by atoms with van der Waals surface area (Å²) in [6.07, 6.45) is -11.6. The van der Waals surface area contributed by atoms with Crippen LogP contribution in [0.2, 0.25) is 0 Å². The van der Waals surface area contributed by atoms with Gasteiger partial charge in [0.15, 0.2) is 12.6 Å². The normalized spacial score (nSPS) is 24.5. The third-order valence-electron chi connectivity index (χ3n) is 19.1. The minimum absolute atomic E-state index is 0.0262. The first-order valence-corrected chi connectivity index (χ1v) is 36.9. The van der Waals surface area contributed by atoms with Gasteiger partial charge in [-0.2, -0.15) is 0 Å². The first-order chi connectivity index (χ1) is 52.5. The lowest BCUT2D eigenvalue weighted by Crippen LogP contribution is -2.68. The average Bonchev–Trinajstić information content (AvgIpc) is 0.761. The van der Waals surface area contributed by atoms with E-state index in [1.165, 1.54) is 0 Å². The molecule has 0 amide bonds. The summed E-state index contributed by atoms with van der Waals surface area (Å²) < 4.78 is 110. The molecule has 13 rings (SSSR count). The van der Waals surface area contributed by atoms with Gasteiger partial charge in [-0.15, -0.1) is 6.58 Å². The molecule has 15 nitrogen and oxygen atoms in total. The van der Waals surface area contributed by atoms with Gasteiger partial charge in [-0.05, 0) is 62.1 Å². The minimum Gasteiger partial charge on any atom is -0.374 e. The van der Waals surface area contributed by atoms with Crippen LogP contribution >= 0.6 is 0 Å². The maximum Gasteiger partial charge on any atom is 0.187 e. The molecular formula is C91H96O15. The van der Waals surface area contributed by atoms with E-state index in [2.05, 4.69) is 6.58 Å². The van der Waals surface area contributed by atoms with Gasteiger partial charge in [0.05, 0.1) is 92.0 Å². The Balaban J connectivity index is 0.938. The lowest BCUT2D eigenvalue weighted by Gasteiger charge is -2.52. The Morgan fingerprint density at radius 3 is 0.679 bits per heavy atom. The molecule has 3 heterocycles. The van der Waals surface area contributed by atoms with Crippen molar-refractivity contribution < 1.29 is 71.1 Å². The number of ether oxygens (including phenoxy) is 15. The molecule has 3 saturated heterocycles. The van der Waals surface area contributed by atoms with Gasteiger partial charge in [0.25, 0.3) is 0 Å². The van der Waals surface area contributed by atoms with E-state index in [9.17, 15) is 0 Å². The maximum absolute atomic E-state index is 7.91. The molecular weight excluding hydrogens is 1330 g/mol. The molecule has 0 aromatic heterocycles. The molecule has 0 radical (unpaired) electrons. The fourth-order valence-corrected chi connectivity index (χ4v) is 13.7. The second-order valence-electron chi connectivity index (χ2n) is 26.9. The minimum atomic E-state index is -1.26. The Kier molecular flexibility index (Phi) is 29.2. The number of rotatable bonds is 39. The quantitative estimate of drug-likeness (QED) is 0.0338. The number of hydrogen-bond donors (Lipinski definition) is 0. The van der Waals surface area contributed by atoms with E-state index in [1.54, 1.807) is 0 Å². The monoisotopic (exact) mass is 1430 g/mol. The van der Waals surface area contributed by atoms with Crippen molar-refractivity contribution in [1.82, 2.24) is 0 Å². The zero-order valence-corrected chi connectivity index (χ0v) is 59.8. The maximum atomic E-state index is 7.91. The Labute approximate surface area is 623 Å². The van der Waals surface area contributed by atoms with E-state index >= 15 is 0 Å². The Bertz CT molecular complexity index is 4030. The largest absolute Gasteiger partial charge is 0.374 e. The van der Waals surface area contributed by atoms with Crippen molar-refractivity contribution in [2.24, 2.45) is 0 Å². The smallest absolute Gasteiger partial charge is 0.187 e. The Morgan fingerprint density at radius 2 is 0.415 bits per heavy atom. The van der Waals surface area contributed by atoms with Crippen LogP contribution in [0.15, 0.2) is 316 Å². The highest BCUT2D eigenvalue weighted by molar-refractivity contribution is 5.22. The lowest BCUT2D eigenvalue weighted by atomic mass is 9.92. The Morgan fingerprint density at radius 1 is 0.217 bits per heavy atom. The van der Waals surface area contributed by atoms with Crippen LogP contribution in [-0.2, 0) is 137 Å². The SMILES string of the molecule is C=CC[C@@H]1O[C@H](COCc2ccccc2)[C@@H](O[C@@H]2O[C@H](COCc3ccccc3)[C@H](O[C@H]3O[C@H](COCc4ccccc4)[C@H](OCc4ccccc4)[C@H](OCc4ccccc4)[C@H]3OCc3ccccc3)[C@H](OCc3ccccc3)[C@H]2OCc2ccccc2)[C@H](OCc2ccccc2)[C@H]1OCc1ccccc1. The van der Waals surface area contributed by atoms with E-state index in [0.29, 0.717) is 19.6 Å². The van der Waals surface area contributed by atoms with Crippen molar-refractivity contribution in [3.8, 4) is 0 Å². The van der Waals surface area contributed by atoms with Crippen LogP contribution in [-0.4, -0.2) is 112 Å². The van der Waals surface area contributed by atoms with Crippen LogP contribution in [0.3, 0.4) is 0 Å². The first-order valence-electron chi connectivity index (χ1n) is 36.9. The summed E-state index contributed by atoms with van der Waals surface area (Å²) in [5, 5.41) is 0. The molecule has 0 saturated carbocycles. The standard InChI is InChI=1S/C91H96O15/c1-2-33-77-81(95-57-70-40-19-6-20-41-70)85(97-59-72-44-23-8-24-45-72)83(79(102-77)65-93-55-68-36-15-4-16-37-68)105-91-89(101-63-76-52-31-12-32-53-76)87(99-61-74-48-27-10-28-49-74)84(80(104-91)66-94-56-69-38-17-5-18-39-69)106-90-88(100-62-75-50-29-11-30-51-75)86(98-60-73-46-25-9-26-47-73)82(96-58-71-42-21-7-22-43-71)78(103-90)64-92-54-67-34-13-3-14-35-67/h2-32,34-53,77-91H,1,33,54-66H2/t77-,78+,79+,80+,81-,82-,83+,84-,85+,86-,87-,88+,89+,90+,91-/m0/s1. The van der Waals surface area contributed by atoms with Crippen molar-refractivity contribution in [3.63, 3.8) is 0 Å². The van der Waals surface area contributed by atoms with Gasteiger partial charge in [-0.3, -0.25) is 0 Å². The second-order valence-corrected chi connectivity index (χ2v) is 26.9. The summed E-state index contributed by atoms with van der Waals surface area (Å²) in [7, 11) is 0.